The number of H-pyrrole nitrogens is 2. The summed E-state index contributed by atoms with van der Waals surface area (Å²) in [7, 11) is 0. The molecule has 4 saturated heterocycles. The molecule has 6 N–H and O–H groups in total. The zero-order chi connectivity index (χ0) is 42.9. The molecule has 330 valence electrons. The zero-order valence-corrected chi connectivity index (χ0v) is 35.0. The smallest absolute Gasteiger partial charge is 0.405 e. The number of amides is 4. The van der Waals surface area contributed by atoms with Crippen molar-refractivity contribution in [2.75, 3.05) is 26.4 Å². The highest BCUT2D eigenvalue weighted by Crippen LogP contribution is 2.56. The quantitative estimate of drug-likeness (QED) is 0.0951. The van der Waals surface area contributed by atoms with E-state index in [1.54, 1.807) is 0 Å². The Kier molecular flexibility index (Phi) is 10.2. The maximum atomic E-state index is 14.0. The van der Waals surface area contributed by atoms with Crippen molar-refractivity contribution in [3.05, 3.63) is 83.7 Å². The summed E-state index contributed by atoms with van der Waals surface area (Å²) in [5, 5.41) is 24.3. The van der Waals surface area contributed by atoms with E-state index in [1.165, 1.54) is 11.1 Å². The fourth-order valence-electron chi connectivity index (χ4n) is 11.5. The molecule has 3 aliphatic carbocycles. The Morgan fingerprint density at radius 1 is 0.587 bits per heavy atom. The van der Waals surface area contributed by atoms with Crippen LogP contribution in [-0.4, -0.2) is 115 Å². The highest BCUT2D eigenvalue weighted by atomic mass is 16.5. The highest BCUT2D eigenvalue weighted by Gasteiger charge is 2.58. The predicted molar refractivity (Wildman–Crippen MR) is 227 cm³/mol. The first-order valence-corrected chi connectivity index (χ1v) is 22.8. The summed E-state index contributed by atoms with van der Waals surface area (Å²) in [6.45, 7) is 2.11. The fourth-order valence-corrected chi connectivity index (χ4v) is 11.5. The maximum Gasteiger partial charge on any atom is 0.405 e. The highest BCUT2D eigenvalue weighted by molar-refractivity contribution is 5.88. The van der Waals surface area contributed by atoms with Gasteiger partial charge in [0.1, 0.15) is 23.7 Å². The Labute approximate surface area is 364 Å². The lowest BCUT2D eigenvalue weighted by molar-refractivity contribution is -0.138. The molecule has 2 aromatic heterocycles. The number of aromatic nitrogens is 4. The van der Waals surface area contributed by atoms with Gasteiger partial charge in [-0.2, -0.15) is 0 Å². The third-order valence-corrected chi connectivity index (χ3v) is 15.2. The summed E-state index contributed by atoms with van der Waals surface area (Å²) < 4.78 is 11.0. The first kappa shape index (κ1) is 40.1. The Morgan fingerprint density at radius 2 is 0.984 bits per heavy atom. The summed E-state index contributed by atoms with van der Waals surface area (Å²) in [6, 6.07) is 15.5. The molecule has 6 heterocycles. The van der Waals surface area contributed by atoms with E-state index in [2.05, 4.69) is 69.1 Å². The van der Waals surface area contributed by atoms with Gasteiger partial charge in [-0.05, 0) is 116 Å². The van der Waals surface area contributed by atoms with Crippen LogP contribution in [0, 0.1) is 23.7 Å². The Morgan fingerprint density at radius 3 is 1.37 bits per heavy atom. The number of likely N-dealkylation sites (tertiary alicyclic amines) is 2. The standard InChI is InChI=1S/C47H54N8O8/c56-44(40(52-46(58)59)28-9-13-62-14-10-28)54-36-17-30(36)19-38(54)42-48-22-34(50-42)26-5-1-24(2-6-26)32-21-33(32)25-3-7-27(8-4-25)35-23-49-43(51-35)39-20-31-18-37(31)55(39)45(57)41(53-47(60)61)29-11-15-63-16-12-29/h1-8,22-23,28-33,36-41,52-53H,9-21H2,(H,48,50)(H,49,51)(H,58,59)(H,60,61)/t30-,31-,32+,33+,36-,37-,38+,39+,40+,41+/m1/s1. The number of hydrogen-bond donors (Lipinski definition) is 6. The minimum atomic E-state index is -1.18. The van der Waals surface area contributed by atoms with Gasteiger partial charge in [-0.1, -0.05) is 48.5 Å². The number of nitrogens with zero attached hydrogens (tertiary/aromatic N) is 4. The van der Waals surface area contributed by atoms with Gasteiger partial charge in [0.25, 0.3) is 0 Å². The Bertz CT molecular complexity index is 2210. The van der Waals surface area contributed by atoms with Gasteiger partial charge in [0.2, 0.25) is 11.8 Å². The molecule has 0 spiro atoms. The number of imidazole rings is 2. The number of ether oxygens (including phenoxy) is 2. The lowest BCUT2D eigenvalue weighted by Gasteiger charge is -2.35. The number of hydrogen-bond acceptors (Lipinski definition) is 8. The van der Waals surface area contributed by atoms with Crippen LogP contribution in [0.15, 0.2) is 60.9 Å². The summed E-state index contributed by atoms with van der Waals surface area (Å²) in [4.78, 5) is 72.0. The van der Waals surface area contributed by atoms with Crippen LogP contribution in [0.3, 0.4) is 0 Å². The van der Waals surface area contributed by atoms with E-state index in [0.717, 1.165) is 66.3 Å². The number of fused-ring (bicyclic) bond motifs is 2. The molecular weight excluding hydrogens is 805 g/mol. The molecule has 11 rings (SSSR count). The summed E-state index contributed by atoms with van der Waals surface area (Å²) in [6.07, 6.45) is 8.49. The monoisotopic (exact) mass is 858 g/mol. The molecule has 4 amide bonds. The first-order chi connectivity index (χ1) is 30.7. The van der Waals surface area contributed by atoms with Crippen molar-refractivity contribution in [2.24, 2.45) is 23.7 Å². The molecule has 3 saturated carbocycles. The number of benzene rings is 2. The van der Waals surface area contributed by atoms with Crippen LogP contribution in [0.1, 0.15) is 104 Å². The summed E-state index contributed by atoms with van der Waals surface area (Å²) in [5.41, 5.74) is 6.38. The number of carboxylic acid groups (broad SMARTS) is 2. The van der Waals surface area contributed by atoms with Gasteiger partial charge < -0.3 is 50.1 Å². The normalized spacial score (nSPS) is 29.7. The maximum absolute atomic E-state index is 14.0. The van der Waals surface area contributed by atoms with Crippen molar-refractivity contribution >= 4 is 24.0 Å². The molecule has 16 nitrogen and oxygen atoms in total. The third kappa shape index (κ3) is 7.74. The first-order valence-electron chi connectivity index (χ1n) is 22.8. The van der Waals surface area contributed by atoms with E-state index in [0.29, 0.717) is 75.8 Å². The van der Waals surface area contributed by atoms with Crippen LogP contribution in [0.2, 0.25) is 0 Å². The van der Waals surface area contributed by atoms with Gasteiger partial charge >= 0.3 is 12.2 Å². The van der Waals surface area contributed by atoms with Crippen molar-refractivity contribution in [2.45, 2.75) is 106 Å². The van der Waals surface area contributed by atoms with Crippen molar-refractivity contribution < 1.29 is 38.9 Å². The van der Waals surface area contributed by atoms with E-state index in [9.17, 15) is 29.4 Å². The van der Waals surface area contributed by atoms with Crippen LogP contribution in [0.25, 0.3) is 22.5 Å². The average molecular weight is 859 g/mol. The predicted octanol–water partition coefficient (Wildman–Crippen LogP) is 6.19. The van der Waals surface area contributed by atoms with Crippen LogP contribution < -0.4 is 10.6 Å². The number of carbonyl (C=O) groups excluding carboxylic acids is 2. The van der Waals surface area contributed by atoms with Gasteiger partial charge in [-0.3, -0.25) is 9.59 Å². The molecule has 0 radical (unpaired) electrons. The molecule has 63 heavy (non-hydrogen) atoms. The Hall–Kier alpha value is -5.74. The van der Waals surface area contributed by atoms with Gasteiger partial charge in [0.05, 0.1) is 35.9 Å². The summed E-state index contributed by atoms with van der Waals surface area (Å²) >= 11 is 0. The number of aromatic amines is 2. The molecule has 4 aliphatic heterocycles. The van der Waals surface area contributed by atoms with E-state index in [4.69, 9.17) is 19.4 Å². The van der Waals surface area contributed by atoms with Crippen LogP contribution in [0.5, 0.6) is 0 Å². The lowest BCUT2D eigenvalue weighted by atomic mass is 9.90. The number of piperidine rings is 2. The number of rotatable bonds is 12. The second-order valence-electron chi connectivity index (χ2n) is 18.9. The largest absolute Gasteiger partial charge is 0.465 e. The molecule has 7 fully saturated rings. The zero-order valence-electron chi connectivity index (χ0n) is 35.0. The van der Waals surface area contributed by atoms with Gasteiger partial charge in [0, 0.05) is 38.5 Å². The lowest BCUT2D eigenvalue weighted by Crippen LogP contribution is -2.53. The molecule has 16 heteroatoms. The fraction of sp³-hybridized carbons (Fsp3) is 0.532. The van der Waals surface area contributed by atoms with Gasteiger partial charge in [0.15, 0.2) is 0 Å². The molecule has 4 aromatic rings. The molecule has 10 atom stereocenters. The van der Waals surface area contributed by atoms with E-state index >= 15 is 0 Å². The van der Waals surface area contributed by atoms with Crippen molar-refractivity contribution in [1.29, 1.82) is 0 Å². The Balaban J connectivity index is 0.726. The summed E-state index contributed by atoms with van der Waals surface area (Å²) in [5.74, 6) is 2.65. The van der Waals surface area contributed by atoms with Gasteiger partial charge in [-0.15, -0.1) is 0 Å². The van der Waals surface area contributed by atoms with Crippen LogP contribution in [0.4, 0.5) is 9.59 Å². The second-order valence-corrected chi connectivity index (χ2v) is 18.9. The van der Waals surface area contributed by atoms with Crippen molar-refractivity contribution in [3.8, 4) is 22.5 Å². The SMILES string of the molecule is O=C(O)N[C@H](C(=O)N1[C@@H]2C[C@@H]2C[C@H]1c1ncc(-c2ccc([C@@H]3C[C@H]3c3ccc(-c4cnc([C@@H]5C[C@H]6C[C@H]6N5C(=O)[C@@H](NC(=O)O)C5CCOCC5)[nH]4)cc3)cc2)[nH]1)C1CCOCC1. The molecule has 7 aliphatic rings. The second kappa shape index (κ2) is 16.1. The van der Waals surface area contributed by atoms with Crippen molar-refractivity contribution in [1.82, 2.24) is 40.4 Å². The number of carbonyl (C=O) groups is 4. The topological polar surface area (TPSA) is 215 Å². The molecule has 0 bridgehead atoms. The third-order valence-electron chi connectivity index (χ3n) is 15.2. The minimum Gasteiger partial charge on any atom is -0.465 e. The van der Waals surface area contributed by atoms with Gasteiger partial charge in [-0.25, -0.2) is 19.6 Å². The minimum absolute atomic E-state index is 0.0954. The molecular formula is C47H54N8O8. The van der Waals surface area contributed by atoms with E-state index in [-0.39, 0.29) is 47.8 Å². The van der Waals surface area contributed by atoms with Crippen LogP contribution in [-0.2, 0) is 19.1 Å². The van der Waals surface area contributed by atoms with Crippen LogP contribution >= 0.6 is 0 Å². The van der Waals surface area contributed by atoms with E-state index < -0.39 is 24.3 Å². The molecule has 2 aromatic carbocycles. The average Bonchev–Trinajstić information content (AvgIpc) is 4.23. The molecule has 0 unspecified atom stereocenters. The van der Waals surface area contributed by atoms with E-state index in [1.807, 2.05) is 22.2 Å². The number of nitrogens with one attached hydrogen (secondary N) is 4. The van der Waals surface area contributed by atoms with Crippen molar-refractivity contribution in [3.63, 3.8) is 0 Å².